The number of hydrogen-bond donors (Lipinski definition) is 2. The molecule has 0 aliphatic carbocycles. The van der Waals surface area contributed by atoms with Gasteiger partial charge in [-0.05, 0) is 75.0 Å². The molecule has 0 radical (unpaired) electrons. The number of nitrogens with zero attached hydrogens (tertiary/aromatic N) is 2. The number of urea groups is 1. The van der Waals surface area contributed by atoms with Crippen molar-refractivity contribution in [2.24, 2.45) is 5.92 Å². The molecule has 34 heavy (non-hydrogen) atoms. The number of benzene rings is 2. The maximum atomic E-state index is 12.4. The Morgan fingerprint density at radius 3 is 2.56 bits per heavy atom. The molecule has 6 heteroatoms. The average molecular weight is 467 g/mol. The maximum Gasteiger partial charge on any atom is 0.319 e. The maximum absolute atomic E-state index is 12.4. The second-order valence-electron chi connectivity index (χ2n) is 9.85. The first-order chi connectivity index (χ1) is 16.4. The highest BCUT2D eigenvalue weighted by Crippen LogP contribution is 2.21. The van der Waals surface area contributed by atoms with Crippen molar-refractivity contribution in [3.8, 4) is 5.75 Å². The second kappa shape index (κ2) is 13.4. The Bertz CT molecular complexity index is 856. The number of nitrogens with one attached hydrogen (secondary N) is 2. The van der Waals surface area contributed by atoms with Crippen molar-refractivity contribution in [1.82, 2.24) is 15.1 Å². The van der Waals surface area contributed by atoms with E-state index in [2.05, 4.69) is 53.5 Å². The van der Waals surface area contributed by atoms with Crippen molar-refractivity contribution in [3.63, 3.8) is 0 Å². The van der Waals surface area contributed by atoms with Gasteiger partial charge in [-0.1, -0.05) is 44.2 Å². The van der Waals surface area contributed by atoms with Crippen LogP contribution < -0.4 is 15.4 Å². The van der Waals surface area contributed by atoms with Gasteiger partial charge in [0.2, 0.25) is 0 Å². The van der Waals surface area contributed by atoms with Crippen molar-refractivity contribution >= 4 is 11.7 Å². The van der Waals surface area contributed by atoms with E-state index in [-0.39, 0.29) is 6.03 Å². The fourth-order valence-corrected chi connectivity index (χ4v) is 4.81. The third-order valence-electron chi connectivity index (χ3n) is 6.74. The highest BCUT2D eigenvalue weighted by molar-refractivity contribution is 5.89. The van der Waals surface area contributed by atoms with Gasteiger partial charge in [-0.15, -0.1) is 0 Å². The molecule has 1 heterocycles. The Hall–Kier alpha value is -2.57. The zero-order valence-electron chi connectivity index (χ0n) is 21.3. The van der Waals surface area contributed by atoms with E-state index in [1.807, 2.05) is 42.5 Å². The Balaban J connectivity index is 1.50. The number of ether oxygens (including phenoxy) is 1. The van der Waals surface area contributed by atoms with E-state index >= 15 is 0 Å². The minimum atomic E-state index is -0.143. The number of likely N-dealkylation sites (N-methyl/N-ethyl adjacent to an activating group) is 1. The van der Waals surface area contributed by atoms with Crippen LogP contribution in [0.25, 0.3) is 0 Å². The molecular weight excluding hydrogens is 424 g/mol. The molecular formula is C28H42N4O2. The van der Waals surface area contributed by atoms with Crippen LogP contribution in [0, 0.1) is 5.92 Å². The van der Waals surface area contributed by atoms with Gasteiger partial charge in [0.15, 0.2) is 0 Å². The average Bonchev–Trinajstić information content (AvgIpc) is 3.27. The molecule has 2 N–H and O–H groups in total. The Kier molecular flexibility index (Phi) is 10.2. The smallest absolute Gasteiger partial charge is 0.319 e. The highest BCUT2D eigenvalue weighted by atomic mass is 16.5. The Morgan fingerprint density at radius 2 is 1.88 bits per heavy atom. The zero-order valence-corrected chi connectivity index (χ0v) is 21.3. The predicted molar refractivity (Wildman–Crippen MR) is 141 cm³/mol. The summed E-state index contributed by atoms with van der Waals surface area (Å²) in [6.07, 6.45) is 4.61. The van der Waals surface area contributed by atoms with E-state index in [9.17, 15) is 4.79 Å². The van der Waals surface area contributed by atoms with Gasteiger partial charge in [-0.25, -0.2) is 4.79 Å². The van der Waals surface area contributed by atoms with E-state index in [1.54, 1.807) is 7.11 Å². The van der Waals surface area contributed by atoms with Gasteiger partial charge >= 0.3 is 6.03 Å². The number of carbonyl (C=O) groups is 1. The van der Waals surface area contributed by atoms with Crippen LogP contribution >= 0.6 is 0 Å². The van der Waals surface area contributed by atoms with Crippen LogP contribution in [0.2, 0.25) is 0 Å². The summed E-state index contributed by atoms with van der Waals surface area (Å²) in [5.41, 5.74) is 2.17. The van der Waals surface area contributed by atoms with Gasteiger partial charge in [0.1, 0.15) is 5.75 Å². The van der Waals surface area contributed by atoms with Crippen LogP contribution in [-0.2, 0) is 6.42 Å². The van der Waals surface area contributed by atoms with Crippen molar-refractivity contribution in [2.75, 3.05) is 45.7 Å². The lowest BCUT2D eigenvalue weighted by molar-refractivity contribution is 0.146. The molecule has 0 bridgehead atoms. The summed E-state index contributed by atoms with van der Waals surface area (Å²) < 4.78 is 5.28. The summed E-state index contributed by atoms with van der Waals surface area (Å²) >= 11 is 0. The first-order valence-electron chi connectivity index (χ1n) is 12.6. The van der Waals surface area contributed by atoms with E-state index in [0.29, 0.717) is 24.5 Å². The minimum absolute atomic E-state index is 0.143. The lowest BCUT2D eigenvalue weighted by Gasteiger charge is -2.34. The summed E-state index contributed by atoms with van der Waals surface area (Å²) in [6, 6.07) is 18.7. The Labute approximate surface area is 205 Å². The van der Waals surface area contributed by atoms with Gasteiger partial charge in [0.05, 0.1) is 7.11 Å². The van der Waals surface area contributed by atoms with Gasteiger partial charge < -0.3 is 20.3 Å². The topological polar surface area (TPSA) is 56.8 Å². The fraction of sp³-hybridized carbons (Fsp3) is 0.536. The fourth-order valence-electron chi connectivity index (χ4n) is 4.81. The van der Waals surface area contributed by atoms with Gasteiger partial charge in [0.25, 0.3) is 0 Å². The molecule has 0 spiro atoms. The van der Waals surface area contributed by atoms with Crippen molar-refractivity contribution in [2.45, 2.75) is 51.6 Å². The third kappa shape index (κ3) is 8.33. The van der Waals surface area contributed by atoms with E-state index in [0.717, 1.165) is 37.4 Å². The molecule has 0 aromatic heterocycles. The van der Waals surface area contributed by atoms with Crippen molar-refractivity contribution in [3.05, 3.63) is 60.2 Å². The highest BCUT2D eigenvalue weighted by Gasteiger charge is 2.28. The number of carbonyl (C=O) groups excluding carboxylic acids is 1. The molecule has 1 saturated heterocycles. The molecule has 1 aliphatic heterocycles. The lowest BCUT2D eigenvalue weighted by atomic mass is 10.0. The first-order valence-corrected chi connectivity index (χ1v) is 12.6. The summed E-state index contributed by atoms with van der Waals surface area (Å²) in [6.45, 7) is 8.43. The molecule has 2 atom stereocenters. The second-order valence-corrected chi connectivity index (χ2v) is 9.85. The van der Waals surface area contributed by atoms with Crippen LogP contribution in [0.5, 0.6) is 5.75 Å². The van der Waals surface area contributed by atoms with Crippen LogP contribution in [0.4, 0.5) is 10.5 Å². The minimum Gasteiger partial charge on any atom is -0.497 e. The predicted octanol–water partition coefficient (Wildman–Crippen LogP) is 4.87. The molecule has 0 unspecified atom stereocenters. The quantitative estimate of drug-likeness (QED) is 0.469. The standard InChI is InChI=1S/C28H42N4O2/c1-22(2)19-26(20-29-28(33)30-24-9-6-5-7-10-24)31(3)21-25-11-8-17-32(25)18-16-23-12-14-27(34-4)15-13-23/h5-7,9-10,12-15,22,25-26H,8,11,16-21H2,1-4H3,(H2,29,30,33)/t25-,26-/m1/s1. The zero-order chi connectivity index (χ0) is 24.3. The number of rotatable bonds is 12. The molecule has 2 aromatic rings. The SMILES string of the molecule is COc1ccc(CCN2CCC[C@@H]2CN(C)[C@@H](CNC(=O)Nc2ccccc2)CC(C)C)cc1. The number of hydrogen-bond acceptors (Lipinski definition) is 4. The third-order valence-corrected chi connectivity index (χ3v) is 6.74. The summed E-state index contributed by atoms with van der Waals surface area (Å²) in [4.78, 5) is 17.5. The molecule has 1 fully saturated rings. The van der Waals surface area contributed by atoms with Crippen LogP contribution in [0.1, 0.15) is 38.7 Å². The molecule has 186 valence electrons. The van der Waals surface area contributed by atoms with E-state index < -0.39 is 0 Å². The number of para-hydroxylation sites is 1. The van der Waals surface area contributed by atoms with Crippen LogP contribution in [-0.4, -0.2) is 68.3 Å². The monoisotopic (exact) mass is 466 g/mol. The van der Waals surface area contributed by atoms with Crippen molar-refractivity contribution in [1.29, 1.82) is 0 Å². The van der Waals surface area contributed by atoms with Crippen molar-refractivity contribution < 1.29 is 9.53 Å². The van der Waals surface area contributed by atoms with Crippen LogP contribution in [0.15, 0.2) is 54.6 Å². The molecule has 3 rings (SSSR count). The Morgan fingerprint density at radius 1 is 1.15 bits per heavy atom. The summed E-state index contributed by atoms with van der Waals surface area (Å²) in [5, 5.41) is 6.02. The van der Waals surface area contributed by atoms with Crippen LogP contribution in [0.3, 0.4) is 0 Å². The molecule has 0 saturated carbocycles. The van der Waals surface area contributed by atoms with Gasteiger partial charge in [0, 0.05) is 37.4 Å². The summed E-state index contributed by atoms with van der Waals surface area (Å²) in [5.74, 6) is 1.48. The van der Waals surface area contributed by atoms with Gasteiger partial charge in [-0.3, -0.25) is 4.90 Å². The molecule has 2 aromatic carbocycles. The summed E-state index contributed by atoms with van der Waals surface area (Å²) in [7, 11) is 3.92. The molecule has 2 amide bonds. The normalized spacial score (nSPS) is 17.2. The largest absolute Gasteiger partial charge is 0.497 e. The first kappa shape index (κ1) is 26.0. The molecule has 1 aliphatic rings. The number of likely N-dealkylation sites (tertiary alicyclic amines) is 1. The number of anilines is 1. The van der Waals surface area contributed by atoms with Gasteiger partial charge in [-0.2, -0.15) is 0 Å². The van der Waals surface area contributed by atoms with E-state index in [4.69, 9.17) is 4.74 Å². The van der Waals surface area contributed by atoms with E-state index in [1.165, 1.54) is 24.9 Å². The lowest BCUT2D eigenvalue weighted by Crippen LogP contribution is -2.48. The number of methoxy groups -OCH3 is 1. The molecule has 6 nitrogen and oxygen atoms in total. The number of amides is 2.